The van der Waals surface area contributed by atoms with E-state index in [0.717, 1.165) is 11.6 Å². The predicted molar refractivity (Wildman–Crippen MR) is 79.1 cm³/mol. The Kier molecular flexibility index (Phi) is 5.40. The van der Waals surface area contributed by atoms with Gasteiger partial charge < -0.3 is 10.6 Å². The van der Waals surface area contributed by atoms with Crippen molar-refractivity contribution in [1.82, 2.24) is 5.32 Å². The zero-order valence-corrected chi connectivity index (χ0v) is 11.7. The van der Waals surface area contributed by atoms with Crippen LogP contribution in [0.4, 0.5) is 5.69 Å². The van der Waals surface area contributed by atoms with E-state index in [2.05, 4.69) is 17.6 Å². The van der Waals surface area contributed by atoms with Crippen LogP contribution < -0.4 is 10.6 Å². The Morgan fingerprint density at radius 1 is 1.21 bits per heavy atom. The minimum atomic E-state index is 0.0360. The predicted octanol–water partition coefficient (Wildman–Crippen LogP) is 3.18. The summed E-state index contributed by atoms with van der Waals surface area (Å²) in [4.78, 5) is 11.8. The molecule has 0 spiro atoms. The molecule has 0 aromatic heterocycles. The van der Waals surface area contributed by atoms with Crippen LogP contribution in [0.15, 0.2) is 30.3 Å². The Morgan fingerprint density at radius 3 is 2.58 bits per heavy atom. The van der Waals surface area contributed by atoms with E-state index >= 15 is 0 Å². The maximum Gasteiger partial charge on any atom is 0.238 e. The van der Waals surface area contributed by atoms with Crippen LogP contribution in [0.25, 0.3) is 0 Å². The molecule has 1 aromatic carbocycles. The fraction of sp³-hybridized carbons (Fsp3) is 0.562. The summed E-state index contributed by atoms with van der Waals surface area (Å²) in [6.07, 6.45) is 6.65. The SMILES string of the molecule is CC(NCC(=O)Nc1ccccc1)C1CCCCC1. The van der Waals surface area contributed by atoms with Crippen LogP contribution in [0.3, 0.4) is 0 Å². The molecule has 0 heterocycles. The van der Waals surface area contributed by atoms with Crippen molar-refractivity contribution in [3.8, 4) is 0 Å². The van der Waals surface area contributed by atoms with E-state index in [0.29, 0.717) is 12.6 Å². The lowest BCUT2D eigenvalue weighted by molar-refractivity contribution is -0.115. The normalized spacial score (nSPS) is 17.9. The molecule has 19 heavy (non-hydrogen) atoms. The lowest BCUT2D eigenvalue weighted by Crippen LogP contribution is -2.39. The lowest BCUT2D eigenvalue weighted by Gasteiger charge is -2.28. The first-order valence-corrected chi connectivity index (χ1v) is 7.34. The van der Waals surface area contributed by atoms with Crippen molar-refractivity contribution in [2.45, 2.75) is 45.1 Å². The van der Waals surface area contributed by atoms with Crippen LogP contribution in [0.1, 0.15) is 39.0 Å². The van der Waals surface area contributed by atoms with Gasteiger partial charge in [0.05, 0.1) is 6.54 Å². The van der Waals surface area contributed by atoms with Crippen molar-refractivity contribution in [1.29, 1.82) is 0 Å². The molecule has 2 N–H and O–H groups in total. The number of hydrogen-bond donors (Lipinski definition) is 2. The number of carbonyl (C=O) groups excluding carboxylic acids is 1. The quantitative estimate of drug-likeness (QED) is 0.853. The molecule has 0 aliphatic heterocycles. The Hall–Kier alpha value is -1.35. The highest BCUT2D eigenvalue weighted by atomic mass is 16.1. The third-order valence-corrected chi connectivity index (χ3v) is 4.00. The third-order valence-electron chi connectivity index (χ3n) is 4.00. The molecule has 1 aromatic rings. The van der Waals surface area contributed by atoms with Crippen molar-refractivity contribution in [3.63, 3.8) is 0 Å². The molecular formula is C16H24N2O. The van der Waals surface area contributed by atoms with E-state index in [4.69, 9.17) is 0 Å². The van der Waals surface area contributed by atoms with Crippen LogP contribution in [0.2, 0.25) is 0 Å². The van der Waals surface area contributed by atoms with E-state index < -0.39 is 0 Å². The summed E-state index contributed by atoms with van der Waals surface area (Å²) in [6.45, 7) is 2.60. The molecule has 2 rings (SSSR count). The van der Waals surface area contributed by atoms with Gasteiger partial charge >= 0.3 is 0 Å². The van der Waals surface area contributed by atoms with Gasteiger partial charge in [0.1, 0.15) is 0 Å². The van der Waals surface area contributed by atoms with E-state index in [1.807, 2.05) is 30.3 Å². The molecule has 1 unspecified atom stereocenters. The summed E-state index contributed by atoms with van der Waals surface area (Å²) in [5.74, 6) is 0.770. The highest BCUT2D eigenvalue weighted by Gasteiger charge is 2.20. The van der Waals surface area contributed by atoms with Gasteiger partial charge in [0.15, 0.2) is 0 Å². The summed E-state index contributed by atoms with van der Waals surface area (Å²) in [7, 11) is 0. The second kappa shape index (κ2) is 7.29. The maximum absolute atomic E-state index is 11.8. The largest absolute Gasteiger partial charge is 0.325 e. The Balaban J connectivity index is 1.71. The first-order chi connectivity index (χ1) is 9.25. The van der Waals surface area contributed by atoms with Crippen molar-refractivity contribution in [2.24, 2.45) is 5.92 Å². The number of anilines is 1. The standard InChI is InChI=1S/C16H24N2O/c1-13(14-8-4-2-5-9-14)17-12-16(19)18-15-10-6-3-7-11-15/h3,6-7,10-11,13-14,17H,2,4-5,8-9,12H2,1H3,(H,18,19). The minimum absolute atomic E-state index is 0.0360. The smallest absolute Gasteiger partial charge is 0.238 e. The van der Waals surface area contributed by atoms with Gasteiger partial charge in [0.2, 0.25) is 5.91 Å². The molecule has 0 bridgehead atoms. The summed E-state index contributed by atoms with van der Waals surface area (Å²) < 4.78 is 0. The maximum atomic E-state index is 11.8. The minimum Gasteiger partial charge on any atom is -0.325 e. The zero-order chi connectivity index (χ0) is 13.5. The number of hydrogen-bond acceptors (Lipinski definition) is 2. The highest BCUT2D eigenvalue weighted by molar-refractivity contribution is 5.92. The number of benzene rings is 1. The van der Waals surface area contributed by atoms with Gasteiger partial charge in [-0.25, -0.2) is 0 Å². The van der Waals surface area contributed by atoms with Gasteiger partial charge in [-0.1, -0.05) is 37.5 Å². The van der Waals surface area contributed by atoms with Gasteiger partial charge in [-0.2, -0.15) is 0 Å². The number of rotatable bonds is 5. The summed E-state index contributed by atoms with van der Waals surface area (Å²) in [6, 6.07) is 10.0. The second-order valence-corrected chi connectivity index (χ2v) is 5.48. The highest BCUT2D eigenvalue weighted by Crippen LogP contribution is 2.26. The molecule has 104 valence electrons. The average Bonchev–Trinajstić information content (AvgIpc) is 2.47. The summed E-state index contributed by atoms with van der Waals surface area (Å²) in [5, 5.41) is 6.26. The van der Waals surface area contributed by atoms with Crippen LogP contribution in [0.5, 0.6) is 0 Å². The van der Waals surface area contributed by atoms with Gasteiger partial charge in [-0.05, 0) is 37.8 Å². The molecule has 1 atom stereocenters. The Bertz CT molecular complexity index is 385. The molecular weight excluding hydrogens is 236 g/mol. The molecule has 3 nitrogen and oxygen atoms in total. The van der Waals surface area contributed by atoms with E-state index in [9.17, 15) is 4.79 Å². The van der Waals surface area contributed by atoms with Crippen LogP contribution in [0, 0.1) is 5.92 Å². The zero-order valence-electron chi connectivity index (χ0n) is 11.7. The Morgan fingerprint density at radius 2 is 1.89 bits per heavy atom. The molecule has 1 aliphatic rings. The van der Waals surface area contributed by atoms with E-state index in [-0.39, 0.29) is 5.91 Å². The summed E-state index contributed by atoms with van der Waals surface area (Å²) >= 11 is 0. The lowest BCUT2D eigenvalue weighted by atomic mass is 9.84. The van der Waals surface area contributed by atoms with Crippen LogP contribution in [-0.4, -0.2) is 18.5 Å². The van der Waals surface area contributed by atoms with E-state index in [1.54, 1.807) is 0 Å². The van der Waals surface area contributed by atoms with E-state index in [1.165, 1.54) is 32.1 Å². The van der Waals surface area contributed by atoms with Gasteiger partial charge in [-0.15, -0.1) is 0 Å². The van der Waals surface area contributed by atoms with Gasteiger partial charge in [-0.3, -0.25) is 4.79 Å². The molecule has 1 aliphatic carbocycles. The molecule has 1 fully saturated rings. The fourth-order valence-electron chi connectivity index (χ4n) is 2.78. The van der Waals surface area contributed by atoms with Crippen molar-refractivity contribution < 1.29 is 4.79 Å². The van der Waals surface area contributed by atoms with Gasteiger partial charge in [0, 0.05) is 11.7 Å². The Labute approximate surface area is 115 Å². The number of amides is 1. The topological polar surface area (TPSA) is 41.1 Å². The molecule has 3 heteroatoms. The first kappa shape index (κ1) is 14.1. The van der Waals surface area contributed by atoms with Gasteiger partial charge in [0.25, 0.3) is 0 Å². The average molecular weight is 260 g/mol. The van der Waals surface area contributed by atoms with Crippen molar-refractivity contribution in [3.05, 3.63) is 30.3 Å². The first-order valence-electron chi connectivity index (χ1n) is 7.34. The second-order valence-electron chi connectivity index (χ2n) is 5.48. The molecule has 0 radical (unpaired) electrons. The number of para-hydroxylation sites is 1. The van der Waals surface area contributed by atoms with Crippen LogP contribution >= 0.6 is 0 Å². The number of nitrogens with one attached hydrogen (secondary N) is 2. The molecule has 1 amide bonds. The fourth-order valence-corrected chi connectivity index (χ4v) is 2.78. The summed E-state index contributed by atoms with van der Waals surface area (Å²) in [5.41, 5.74) is 0.861. The number of carbonyl (C=O) groups is 1. The third kappa shape index (κ3) is 4.67. The van der Waals surface area contributed by atoms with Crippen LogP contribution in [-0.2, 0) is 4.79 Å². The van der Waals surface area contributed by atoms with Crippen molar-refractivity contribution >= 4 is 11.6 Å². The monoisotopic (exact) mass is 260 g/mol. The molecule has 1 saturated carbocycles. The van der Waals surface area contributed by atoms with Crippen molar-refractivity contribution in [2.75, 3.05) is 11.9 Å². The molecule has 0 saturated heterocycles.